The molecule has 1 atom stereocenters. The van der Waals surface area contributed by atoms with Gasteiger partial charge in [0, 0.05) is 19.4 Å². The first kappa shape index (κ1) is 8.24. The Morgan fingerprint density at radius 3 is 2.55 bits per heavy atom. The molecule has 1 aliphatic rings. The van der Waals surface area contributed by atoms with Crippen LogP contribution in [0.25, 0.3) is 0 Å². The molecule has 1 aliphatic heterocycles. The van der Waals surface area contributed by atoms with E-state index in [0.717, 1.165) is 12.8 Å². The molecule has 0 N–H and O–H groups in total. The van der Waals surface area contributed by atoms with Crippen LogP contribution in [-0.2, 0) is 9.59 Å². The van der Waals surface area contributed by atoms with Gasteiger partial charge in [0.15, 0.2) is 0 Å². The van der Waals surface area contributed by atoms with Crippen LogP contribution in [0.2, 0.25) is 0 Å². The summed E-state index contributed by atoms with van der Waals surface area (Å²) in [5.74, 6) is -0.0669. The molecule has 1 rings (SSSR count). The van der Waals surface area contributed by atoms with Gasteiger partial charge in [0.2, 0.25) is 11.8 Å². The second-order valence-corrected chi connectivity index (χ2v) is 2.98. The molecule has 0 spiro atoms. The SMILES string of the molecule is CCCC1CC(=O)N(C)C1=O. The number of amides is 2. The summed E-state index contributed by atoms with van der Waals surface area (Å²) in [7, 11) is 1.56. The molecular weight excluding hydrogens is 142 g/mol. The summed E-state index contributed by atoms with van der Waals surface area (Å²) < 4.78 is 0. The lowest BCUT2D eigenvalue weighted by Crippen LogP contribution is -2.25. The third-order valence-corrected chi connectivity index (χ3v) is 2.11. The van der Waals surface area contributed by atoms with E-state index in [2.05, 4.69) is 0 Å². The Bertz CT molecular complexity index is 189. The van der Waals surface area contributed by atoms with Crippen LogP contribution in [0.15, 0.2) is 0 Å². The quantitative estimate of drug-likeness (QED) is 0.553. The minimum Gasteiger partial charge on any atom is -0.285 e. The Morgan fingerprint density at radius 2 is 2.18 bits per heavy atom. The van der Waals surface area contributed by atoms with Gasteiger partial charge in [-0.15, -0.1) is 0 Å². The zero-order valence-corrected chi connectivity index (χ0v) is 6.96. The largest absolute Gasteiger partial charge is 0.285 e. The Balaban J connectivity index is 2.60. The predicted molar refractivity (Wildman–Crippen MR) is 40.8 cm³/mol. The summed E-state index contributed by atoms with van der Waals surface area (Å²) in [5, 5.41) is 0. The normalized spacial score (nSPS) is 24.9. The van der Waals surface area contributed by atoms with E-state index in [0.29, 0.717) is 6.42 Å². The molecule has 0 aromatic heterocycles. The van der Waals surface area contributed by atoms with Crippen molar-refractivity contribution in [3.05, 3.63) is 0 Å². The molecule has 11 heavy (non-hydrogen) atoms. The Kier molecular flexibility index (Phi) is 2.27. The predicted octanol–water partition coefficient (Wildman–Crippen LogP) is 0.791. The molecule has 1 heterocycles. The molecule has 1 fully saturated rings. The molecule has 3 heteroatoms. The maximum atomic E-state index is 11.2. The number of hydrogen-bond acceptors (Lipinski definition) is 2. The smallest absolute Gasteiger partial charge is 0.232 e. The van der Waals surface area contributed by atoms with Crippen molar-refractivity contribution in [2.75, 3.05) is 7.05 Å². The van der Waals surface area contributed by atoms with Gasteiger partial charge in [-0.1, -0.05) is 13.3 Å². The van der Waals surface area contributed by atoms with Gasteiger partial charge in [0.05, 0.1) is 0 Å². The molecule has 0 aliphatic carbocycles. The summed E-state index contributed by atoms with van der Waals surface area (Å²) >= 11 is 0. The van der Waals surface area contributed by atoms with Gasteiger partial charge in [-0.25, -0.2) is 0 Å². The average Bonchev–Trinajstić information content (AvgIpc) is 2.19. The summed E-state index contributed by atoms with van der Waals surface area (Å²) in [5.41, 5.74) is 0. The Morgan fingerprint density at radius 1 is 1.55 bits per heavy atom. The fraction of sp³-hybridized carbons (Fsp3) is 0.750. The maximum Gasteiger partial charge on any atom is 0.232 e. The fourth-order valence-electron chi connectivity index (χ4n) is 1.41. The van der Waals surface area contributed by atoms with Crippen molar-refractivity contribution in [2.24, 2.45) is 5.92 Å². The number of carbonyl (C=O) groups is 2. The molecule has 0 aromatic rings. The molecule has 0 radical (unpaired) electrons. The van der Waals surface area contributed by atoms with E-state index in [9.17, 15) is 9.59 Å². The van der Waals surface area contributed by atoms with Crippen molar-refractivity contribution < 1.29 is 9.59 Å². The third kappa shape index (κ3) is 1.42. The highest BCUT2D eigenvalue weighted by atomic mass is 16.2. The van der Waals surface area contributed by atoms with Crippen LogP contribution in [-0.4, -0.2) is 23.8 Å². The van der Waals surface area contributed by atoms with Crippen LogP contribution >= 0.6 is 0 Å². The zero-order valence-electron chi connectivity index (χ0n) is 6.96. The van der Waals surface area contributed by atoms with Crippen LogP contribution < -0.4 is 0 Å². The van der Waals surface area contributed by atoms with Crippen LogP contribution in [0, 0.1) is 5.92 Å². The maximum absolute atomic E-state index is 11.2. The highest BCUT2D eigenvalue weighted by molar-refractivity contribution is 6.03. The van der Waals surface area contributed by atoms with Crippen molar-refractivity contribution in [2.45, 2.75) is 26.2 Å². The van der Waals surface area contributed by atoms with Gasteiger partial charge in [0.1, 0.15) is 0 Å². The fourth-order valence-corrected chi connectivity index (χ4v) is 1.41. The van der Waals surface area contributed by atoms with Crippen molar-refractivity contribution in [1.82, 2.24) is 4.90 Å². The first-order chi connectivity index (χ1) is 5.16. The standard InChI is InChI=1S/C8H13NO2/c1-3-4-6-5-7(10)9(2)8(6)11/h6H,3-5H2,1-2H3. The van der Waals surface area contributed by atoms with Gasteiger partial charge in [-0.05, 0) is 6.42 Å². The molecule has 1 saturated heterocycles. The molecule has 0 bridgehead atoms. The Labute approximate surface area is 66.4 Å². The number of imide groups is 1. The Hall–Kier alpha value is -0.860. The highest BCUT2D eigenvalue weighted by Gasteiger charge is 2.34. The van der Waals surface area contributed by atoms with E-state index < -0.39 is 0 Å². The number of carbonyl (C=O) groups excluding carboxylic acids is 2. The molecule has 0 aromatic carbocycles. The highest BCUT2D eigenvalue weighted by Crippen LogP contribution is 2.21. The number of likely N-dealkylation sites (tertiary alicyclic amines) is 1. The minimum atomic E-state index is -0.0338. The van der Waals surface area contributed by atoms with E-state index in [-0.39, 0.29) is 17.7 Å². The lowest BCUT2D eigenvalue weighted by atomic mass is 10.0. The number of hydrogen-bond donors (Lipinski definition) is 0. The van der Waals surface area contributed by atoms with Crippen molar-refractivity contribution in [3.8, 4) is 0 Å². The summed E-state index contributed by atoms with van der Waals surface area (Å²) in [4.78, 5) is 23.4. The minimum absolute atomic E-state index is 0.00292. The van der Waals surface area contributed by atoms with E-state index in [1.54, 1.807) is 7.05 Å². The number of nitrogens with zero attached hydrogens (tertiary/aromatic N) is 1. The van der Waals surface area contributed by atoms with Crippen LogP contribution in [0.3, 0.4) is 0 Å². The summed E-state index contributed by atoms with van der Waals surface area (Å²) in [6.45, 7) is 2.02. The summed E-state index contributed by atoms with van der Waals surface area (Å²) in [6, 6.07) is 0. The van der Waals surface area contributed by atoms with Crippen molar-refractivity contribution >= 4 is 11.8 Å². The van der Waals surface area contributed by atoms with Crippen LogP contribution in [0.5, 0.6) is 0 Å². The second kappa shape index (κ2) is 3.03. The van der Waals surface area contributed by atoms with Crippen molar-refractivity contribution in [1.29, 1.82) is 0 Å². The first-order valence-electron chi connectivity index (χ1n) is 3.97. The number of rotatable bonds is 2. The van der Waals surface area contributed by atoms with Gasteiger partial charge in [-0.2, -0.15) is 0 Å². The molecule has 3 nitrogen and oxygen atoms in total. The summed E-state index contributed by atoms with van der Waals surface area (Å²) in [6.07, 6.45) is 2.23. The van der Waals surface area contributed by atoms with Gasteiger partial charge >= 0.3 is 0 Å². The van der Waals surface area contributed by atoms with Gasteiger partial charge in [0.25, 0.3) is 0 Å². The van der Waals surface area contributed by atoms with E-state index >= 15 is 0 Å². The molecular formula is C8H13NO2. The zero-order chi connectivity index (χ0) is 8.43. The monoisotopic (exact) mass is 155 g/mol. The van der Waals surface area contributed by atoms with Gasteiger partial charge < -0.3 is 0 Å². The second-order valence-electron chi connectivity index (χ2n) is 2.98. The molecule has 2 amide bonds. The molecule has 62 valence electrons. The molecule has 0 saturated carbocycles. The average molecular weight is 155 g/mol. The van der Waals surface area contributed by atoms with Crippen LogP contribution in [0.4, 0.5) is 0 Å². The van der Waals surface area contributed by atoms with E-state index in [1.807, 2.05) is 6.92 Å². The lowest BCUT2D eigenvalue weighted by molar-refractivity contribution is -0.137. The van der Waals surface area contributed by atoms with Gasteiger partial charge in [-0.3, -0.25) is 14.5 Å². The van der Waals surface area contributed by atoms with Crippen LogP contribution in [0.1, 0.15) is 26.2 Å². The first-order valence-corrected chi connectivity index (χ1v) is 3.97. The topological polar surface area (TPSA) is 37.4 Å². The van der Waals surface area contributed by atoms with Crippen molar-refractivity contribution in [3.63, 3.8) is 0 Å². The van der Waals surface area contributed by atoms with E-state index in [4.69, 9.17) is 0 Å². The van der Waals surface area contributed by atoms with E-state index in [1.165, 1.54) is 4.90 Å². The molecule has 1 unspecified atom stereocenters. The lowest BCUT2D eigenvalue weighted by Gasteiger charge is -2.06. The third-order valence-electron chi connectivity index (χ3n) is 2.11.